The number of carbonyl (C=O) groups is 2. The van der Waals surface area contributed by atoms with Gasteiger partial charge < -0.3 is 15.7 Å². The number of carboxylic acid groups (broad SMARTS) is 1. The fourth-order valence-corrected chi connectivity index (χ4v) is 2.84. The Bertz CT molecular complexity index is 354. The molecule has 0 aromatic heterocycles. The van der Waals surface area contributed by atoms with Gasteiger partial charge in [-0.2, -0.15) is 0 Å². The maximum absolute atomic E-state index is 12.6. The van der Waals surface area contributed by atoms with E-state index in [1.165, 1.54) is 0 Å². The summed E-state index contributed by atoms with van der Waals surface area (Å²) < 4.78 is 0. The van der Waals surface area contributed by atoms with Crippen molar-refractivity contribution in [1.82, 2.24) is 4.90 Å². The number of nitrogens with zero attached hydrogens (tertiary/aromatic N) is 1. The van der Waals surface area contributed by atoms with E-state index in [-0.39, 0.29) is 24.4 Å². The van der Waals surface area contributed by atoms with Crippen LogP contribution >= 0.6 is 0 Å². The Morgan fingerprint density at radius 1 is 1.39 bits per heavy atom. The summed E-state index contributed by atoms with van der Waals surface area (Å²) in [5.41, 5.74) is 5.58. The quantitative estimate of drug-likeness (QED) is 0.765. The van der Waals surface area contributed by atoms with Crippen molar-refractivity contribution in [2.24, 2.45) is 11.1 Å². The van der Waals surface area contributed by atoms with Gasteiger partial charge in [0.25, 0.3) is 0 Å². The van der Waals surface area contributed by atoms with Crippen LogP contribution in [0.1, 0.15) is 45.4 Å². The van der Waals surface area contributed by atoms with Crippen LogP contribution in [0.25, 0.3) is 0 Å². The van der Waals surface area contributed by atoms with Crippen molar-refractivity contribution in [1.29, 1.82) is 0 Å². The molecule has 18 heavy (non-hydrogen) atoms. The third kappa shape index (κ3) is 2.51. The number of rotatable bonds is 5. The first-order valence-corrected chi connectivity index (χ1v) is 6.73. The number of amides is 1. The largest absolute Gasteiger partial charge is 0.481 e. The number of aliphatic carboxylic acids is 1. The zero-order valence-electron chi connectivity index (χ0n) is 10.9. The molecule has 0 bridgehead atoms. The minimum absolute atomic E-state index is 0.0214. The highest BCUT2D eigenvalue weighted by Crippen LogP contribution is 2.41. The average Bonchev–Trinajstić information content (AvgIpc) is 3.07. The van der Waals surface area contributed by atoms with Gasteiger partial charge in [0.2, 0.25) is 5.91 Å². The van der Waals surface area contributed by atoms with Gasteiger partial charge in [0.1, 0.15) is 0 Å². The predicted octanol–water partition coefficient (Wildman–Crippen LogP) is 0.970. The number of hydrogen-bond acceptors (Lipinski definition) is 3. The topological polar surface area (TPSA) is 83.6 Å². The van der Waals surface area contributed by atoms with E-state index < -0.39 is 11.4 Å². The normalized spacial score (nSPS) is 31.3. The lowest BCUT2D eigenvalue weighted by Crippen LogP contribution is -2.50. The Balaban J connectivity index is 2.05. The van der Waals surface area contributed by atoms with Gasteiger partial charge >= 0.3 is 5.97 Å². The van der Waals surface area contributed by atoms with Gasteiger partial charge in [-0.1, -0.05) is 6.42 Å². The van der Waals surface area contributed by atoms with Crippen LogP contribution in [-0.4, -0.2) is 40.5 Å². The highest BCUT2D eigenvalue weighted by atomic mass is 16.4. The second-order valence-corrected chi connectivity index (χ2v) is 5.79. The molecule has 2 fully saturated rings. The van der Waals surface area contributed by atoms with Gasteiger partial charge in [-0.3, -0.25) is 9.59 Å². The standard InChI is InChI=1S/C13H22N2O3/c1-13(7-2-3-10(13)14)12(18)15(9-4-5-9)8-6-11(16)17/h9-10H,2-8,14H2,1H3,(H,16,17). The van der Waals surface area contributed by atoms with Crippen molar-refractivity contribution in [2.75, 3.05) is 6.54 Å². The minimum Gasteiger partial charge on any atom is -0.481 e. The van der Waals surface area contributed by atoms with Gasteiger partial charge in [-0.05, 0) is 32.6 Å². The van der Waals surface area contributed by atoms with Crippen LogP contribution in [0.3, 0.4) is 0 Å². The molecule has 3 N–H and O–H groups in total. The molecule has 2 rings (SSSR count). The second-order valence-electron chi connectivity index (χ2n) is 5.79. The van der Waals surface area contributed by atoms with Gasteiger partial charge in [0.15, 0.2) is 0 Å². The fraction of sp³-hybridized carbons (Fsp3) is 0.846. The molecule has 102 valence electrons. The van der Waals surface area contributed by atoms with Crippen molar-refractivity contribution in [3.8, 4) is 0 Å². The maximum Gasteiger partial charge on any atom is 0.305 e. The maximum atomic E-state index is 12.6. The zero-order chi connectivity index (χ0) is 13.3. The monoisotopic (exact) mass is 254 g/mol. The number of carboxylic acids is 1. The SMILES string of the molecule is CC1(C(=O)N(CCC(=O)O)C2CC2)CCCC1N. The Hall–Kier alpha value is -1.10. The molecule has 0 saturated heterocycles. The van der Waals surface area contributed by atoms with Crippen molar-refractivity contribution in [2.45, 2.75) is 57.5 Å². The molecule has 2 saturated carbocycles. The van der Waals surface area contributed by atoms with Crippen LogP contribution in [0, 0.1) is 5.41 Å². The van der Waals surface area contributed by atoms with Gasteiger partial charge in [0.05, 0.1) is 11.8 Å². The van der Waals surface area contributed by atoms with Crippen molar-refractivity contribution in [3.63, 3.8) is 0 Å². The number of hydrogen-bond donors (Lipinski definition) is 2. The molecule has 0 spiro atoms. The van der Waals surface area contributed by atoms with Gasteiger partial charge in [0, 0.05) is 18.6 Å². The van der Waals surface area contributed by atoms with E-state index in [0.717, 1.165) is 32.1 Å². The lowest BCUT2D eigenvalue weighted by atomic mass is 9.83. The second kappa shape index (κ2) is 4.88. The lowest BCUT2D eigenvalue weighted by Gasteiger charge is -2.34. The molecule has 0 aliphatic heterocycles. The van der Waals surface area contributed by atoms with Gasteiger partial charge in [-0.25, -0.2) is 0 Å². The first-order valence-electron chi connectivity index (χ1n) is 6.73. The smallest absolute Gasteiger partial charge is 0.305 e. The van der Waals surface area contributed by atoms with Crippen LogP contribution in [0.15, 0.2) is 0 Å². The molecule has 1 amide bonds. The van der Waals surface area contributed by atoms with E-state index in [1.807, 2.05) is 6.92 Å². The first kappa shape index (κ1) is 13.3. The van der Waals surface area contributed by atoms with Crippen LogP contribution in [-0.2, 0) is 9.59 Å². The van der Waals surface area contributed by atoms with E-state index in [0.29, 0.717) is 6.54 Å². The summed E-state index contributed by atoms with van der Waals surface area (Å²) in [5, 5.41) is 8.77. The summed E-state index contributed by atoms with van der Waals surface area (Å²) in [4.78, 5) is 25.1. The molecular formula is C13H22N2O3. The zero-order valence-corrected chi connectivity index (χ0v) is 10.9. The van der Waals surface area contributed by atoms with Crippen molar-refractivity contribution < 1.29 is 14.7 Å². The molecule has 5 nitrogen and oxygen atoms in total. The molecule has 2 aliphatic rings. The molecule has 5 heteroatoms. The number of nitrogens with two attached hydrogens (primary N) is 1. The fourth-order valence-electron chi connectivity index (χ4n) is 2.84. The molecule has 2 atom stereocenters. The van der Waals surface area contributed by atoms with E-state index >= 15 is 0 Å². The van der Waals surface area contributed by atoms with E-state index in [9.17, 15) is 9.59 Å². The summed E-state index contributed by atoms with van der Waals surface area (Å²) >= 11 is 0. The molecule has 2 aliphatic carbocycles. The third-order valence-corrected chi connectivity index (χ3v) is 4.33. The van der Waals surface area contributed by atoms with Crippen LogP contribution in [0.2, 0.25) is 0 Å². The summed E-state index contributed by atoms with van der Waals surface area (Å²) in [7, 11) is 0. The Labute approximate surface area is 107 Å². The average molecular weight is 254 g/mol. The number of carbonyl (C=O) groups excluding carboxylic acids is 1. The first-order chi connectivity index (χ1) is 8.45. The highest BCUT2D eigenvalue weighted by molar-refractivity contribution is 5.84. The van der Waals surface area contributed by atoms with Crippen LogP contribution in [0.5, 0.6) is 0 Å². The summed E-state index contributed by atoms with van der Waals surface area (Å²) in [6.45, 7) is 2.25. The van der Waals surface area contributed by atoms with E-state index in [2.05, 4.69) is 0 Å². The molecule has 0 radical (unpaired) electrons. The van der Waals surface area contributed by atoms with Crippen LogP contribution < -0.4 is 5.73 Å². The molecule has 2 unspecified atom stereocenters. The Morgan fingerprint density at radius 3 is 2.50 bits per heavy atom. The molecule has 0 aromatic rings. The highest BCUT2D eigenvalue weighted by Gasteiger charge is 2.47. The summed E-state index contributed by atoms with van der Waals surface area (Å²) in [6.07, 6.45) is 4.71. The molecule has 0 heterocycles. The summed E-state index contributed by atoms with van der Waals surface area (Å²) in [6, 6.07) is 0.164. The molecular weight excluding hydrogens is 232 g/mol. The Kier molecular flexibility index (Phi) is 3.61. The summed E-state index contributed by atoms with van der Waals surface area (Å²) in [5.74, 6) is -0.787. The van der Waals surface area contributed by atoms with Crippen molar-refractivity contribution in [3.05, 3.63) is 0 Å². The third-order valence-electron chi connectivity index (χ3n) is 4.33. The lowest BCUT2D eigenvalue weighted by molar-refractivity contribution is -0.144. The van der Waals surface area contributed by atoms with Crippen LogP contribution in [0.4, 0.5) is 0 Å². The Morgan fingerprint density at radius 2 is 2.06 bits per heavy atom. The molecule has 0 aromatic carbocycles. The van der Waals surface area contributed by atoms with E-state index in [4.69, 9.17) is 10.8 Å². The van der Waals surface area contributed by atoms with E-state index in [1.54, 1.807) is 4.90 Å². The minimum atomic E-state index is -0.852. The van der Waals surface area contributed by atoms with Gasteiger partial charge in [-0.15, -0.1) is 0 Å². The predicted molar refractivity (Wildman–Crippen MR) is 66.9 cm³/mol. The van der Waals surface area contributed by atoms with Crippen molar-refractivity contribution >= 4 is 11.9 Å².